The number of nitrogens with one attached hydrogen (secondary N) is 1. The fraction of sp³-hybridized carbons (Fsp3) is 0.500. The highest BCUT2D eigenvalue weighted by atomic mass is 16.5. The third-order valence-electron chi connectivity index (χ3n) is 3.63. The number of hydrogen-bond donors (Lipinski definition) is 2. The SMILES string of the molecule is CCOc1ccccc1C(C)NC(=O)[C@@H]1CC[C@H](C(=O)O)O1. The first-order chi connectivity index (χ1) is 10.5. The summed E-state index contributed by atoms with van der Waals surface area (Å²) < 4.78 is 10.8. The number of carboxylic acids is 1. The Morgan fingerprint density at radius 3 is 2.68 bits per heavy atom. The first kappa shape index (κ1) is 16.3. The van der Waals surface area contributed by atoms with Crippen LogP contribution in [-0.4, -0.2) is 35.8 Å². The summed E-state index contributed by atoms with van der Waals surface area (Å²) in [4.78, 5) is 23.1. The van der Waals surface area contributed by atoms with Gasteiger partial charge in [-0.2, -0.15) is 0 Å². The van der Waals surface area contributed by atoms with Gasteiger partial charge in [-0.1, -0.05) is 18.2 Å². The molecule has 22 heavy (non-hydrogen) atoms. The molecule has 0 spiro atoms. The van der Waals surface area contributed by atoms with Crippen molar-refractivity contribution in [3.63, 3.8) is 0 Å². The van der Waals surface area contributed by atoms with Crippen LogP contribution in [0.25, 0.3) is 0 Å². The molecule has 6 nitrogen and oxygen atoms in total. The molecule has 1 heterocycles. The molecule has 0 saturated carbocycles. The Kier molecular flexibility index (Phi) is 5.38. The minimum absolute atomic E-state index is 0.247. The number of benzene rings is 1. The maximum absolute atomic E-state index is 12.2. The van der Waals surface area contributed by atoms with E-state index in [1.54, 1.807) is 0 Å². The number of carbonyl (C=O) groups is 2. The molecule has 1 aliphatic heterocycles. The van der Waals surface area contributed by atoms with Gasteiger partial charge in [0.1, 0.15) is 11.9 Å². The van der Waals surface area contributed by atoms with E-state index in [1.807, 2.05) is 38.1 Å². The molecule has 1 fully saturated rings. The van der Waals surface area contributed by atoms with Gasteiger partial charge >= 0.3 is 5.97 Å². The van der Waals surface area contributed by atoms with Crippen LogP contribution in [0.5, 0.6) is 5.75 Å². The Balaban J connectivity index is 1.99. The highest BCUT2D eigenvalue weighted by molar-refractivity contribution is 5.83. The molecule has 1 unspecified atom stereocenters. The summed E-state index contributed by atoms with van der Waals surface area (Å²) in [5.74, 6) is -0.582. The van der Waals surface area contributed by atoms with E-state index in [4.69, 9.17) is 14.6 Å². The predicted molar refractivity (Wildman–Crippen MR) is 79.7 cm³/mol. The van der Waals surface area contributed by atoms with Gasteiger partial charge in [-0.25, -0.2) is 4.79 Å². The molecule has 2 N–H and O–H groups in total. The molecule has 1 aromatic carbocycles. The average Bonchev–Trinajstić information content (AvgIpc) is 2.98. The van der Waals surface area contributed by atoms with E-state index in [9.17, 15) is 9.59 Å². The molecule has 1 aliphatic rings. The maximum atomic E-state index is 12.2. The van der Waals surface area contributed by atoms with Gasteiger partial charge < -0.3 is 19.9 Å². The van der Waals surface area contributed by atoms with Crippen molar-refractivity contribution in [2.75, 3.05) is 6.61 Å². The van der Waals surface area contributed by atoms with Gasteiger partial charge in [0.25, 0.3) is 0 Å². The van der Waals surface area contributed by atoms with Crippen molar-refractivity contribution in [3.8, 4) is 5.75 Å². The van der Waals surface area contributed by atoms with Gasteiger partial charge in [0, 0.05) is 5.56 Å². The number of para-hydroxylation sites is 1. The summed E-state index contributed by atoms with van der Waals surface area (Å²) in [5.41, 5.74) is 0.880. The Morgan fingerprint density at radius 1 is 1.36 bits per heavy atom. The van der Waals surface area contributed by atoms with Gasteiger partial charge in [-0.3, -0.25) is 4.79 Å². The Bertz CT molecular complexity index is 545. The molecule has 1 saturated heterocycles. The van der Waals surface area contributed by atoms with Gasteiger partial charge in [0.05, 0.1) is 12.6 Å². The van der Waals surface area contributed by atoms with Gasteiger partial charge in [-0.15, -0.1) is 0 Å². The number of carbonyl (C=O) groups excluding carboxylic acids is 1. The van der Waals surface area contributed by atoms with Crippen LogP contribution in [0, 0.1) is 0 Å². The second kappa shape index (κ2) is 7.26. The molecular formula is C16H21NO5. The zero-order valence-corrected chi connectivity index (χ0v) is 12.7. The molecule has 0 aromatic heterocycles. The highest BCUT2D eigenvalue weighted by Gasteiger charge is 2.35. The molecule has 6 heteroatoms. The van der Waals surface area contributed by atoms with Crippen LogP contribution in [0.15, 0.2) is 24.3 Å². The molecule has 120 valence electrons. The average molecular weight is 307 g/mol. The first-order valence-corrected chi connectivity index (χ1v) is 7.43. The van der Waals surface area contributed by atoms with Crippen molar-refractivity contribution in [1.82, 2.24) is 5.32 Å². The van der Waals surface area contributed by atoms with E-state index in [2.05, 4.69) is 5.32 Å². The Labute approximate surface area is 129 Å². The number of hydrogen-bond acceptors (Lipinski definition) is 4. The number of amides is 1. The summed E-state index contributed by atoms with van der Waals surface area (Å²) in [5, 5.41) is 11.8. The highest BCUT2D eigenvalue weighted by Crippen LogP contribution is 2.26. The van der Waals surface area contributed by atoms with Crippen LogP contribution < -0.4 is 10.1 Å². The summed E-state index contributed by atoms with van der Waals surface area (Å²) in [6, 6.07) is 7.26. The second-order valence-corrected chi connectivity index (χ2v) is 5.23. The minimum Gasteiger partial charge on any atom is -0.494 e. The van der Waals surface area contributed by atoms with Crippen LogP contribution in [0.2, 0.25) is 0 Å². The fourth-order valence-electron chi connectivity index (χ4n) is 2.52. The number of aliphatic carboxylic acids is 1. The lowest BCUT2D eigenvalue weighted by Gasteiger charge is -2.20. The van der Waals surface area contributed by atoms with E-state index in [0.717, 1.165) is 11.3 Å². The van der Waals surface area contributed by atoms with Gasteiger partial charge in [-0.05, 0) is 32.8 Å². The summed E-state index contributed by atoms with van der Waals surface area (Å²) >= 11 is 0. The minimum atomic E-state index is -1.02. The molecule has 0 bridgehead atoms. The third kappa shape index (κ3) is 3.76. The summed E-state index contributed by atoms with van der Waals surface area (Å²) in [6.45, 7) is 4.31. The smallest absolute Gasteiger partial charge is 0.332 e. The van der Waals surface area contributed by atoms with E-state index in [0.29, 0.717) is 19.4 Å². The van der Waals surface area contributed by atoms with E-state index in [1.165, 1.54) is 0 Å². The van der Waals surface area contributed by atoms with Crippen LogP contribution in [0.1, 0.15) is 38.3 Å². The molecular weight excluding hydrogens is 286 g/mol. The fourth-order valence-corrected chi connectivity index (χ4v) is 2.52. The van der Waals surface area contributed by atoms with E-state index >= 15 is 0 Å². The number of ether oxygens (including phenoxy) is 2. The first-order valence-electron chi connectivity index (χ1n) is 7.43. The van der Waals surface area contributed by atoms with Gasteiger partial charge in [0.15, 0.2) is 6.10 Å². The van der Waals surface area contributed by atoms with Crippen LogP contribution in [0.4, 0.5) is 0 Å². The predicted octanol–water partition coefficient (Wildman–Crippen LogP) is 1.89. The molecule has 0 aliphatic carbocycles. The molecule has 3 atom stereocenters. The van der Waals surface area contributed by atoms with Crippen molar-refractivity contribution >= 4 is 11.9 Å². The van der Waals surface area contributed by atoms with Crippen molar-refractivity contribution in [2.45, 2.75) is 44.9 Å². The number of rotatable bonds is 6. The summed E-state index contributed by atoms with van der Waals surface area (Å²) in [7, 11) is 0. The van der Waals surface area contributed by atoms with E-state index in [-0.39, 0.29) is 11.9 Å². The lowest BCUT2D eigenvalue weighted by Crippen LogP contribution is -2.37. The van der Waals surface area contributed by atoms with E-state index < -0.39 is 18.2 Å². The Morgan fingerprint density at radius 2 is 2.05 bits per heavy atom. The molecule has 0 radical (unpaired) electrons. The maximum Gasteiger partial charge on any atom is 0.332 e. The number of carboxylic acid groups (broad SMARTS) is 1. The lowest BCUT2D eigenvalue weighted by molar-refractivity contribution is -0.151. The van der Waals surface area contributed by atoms with Crippen molar-refractivity contribution in [3.05, 3.63) is 29.8 Å². The van der Waals surface area contributed by atoms with Crippen molar-refractivity contribution in [1.29, 1.82) is 0 Å². The van der Waals surface area contributed by atoms with Crippen molar-refractivity contribution < 1.29 is 24.2 Å². The normalized spacial score (nSPS) is 22.1. The zero-order chi connectivity index (χ0) is 16.1. The second-order valence-electron chi connectivity index (χ2n) is 5.23. The standard InChI is InChI=1S/C16H21NO5/c1-3-21-12-7-5-4-6-11(12)10(2)17-15(18)13-8-9-14(22-13)16(19)20/h4-7,10,13-14H,3,8-9H2,1-2H3,(H,17,18)(H,19,20)/t10?,13-,14+/m0/s1. The van der Waals surface area contributed by atoms with Crippen LogP contribution in [0.3, 0.4) is 0 Å². The largest absolute Gasteiger partial charge is 0.494 e. The monoisotopic (exact) mass is 307 g/mol. The zero-order valence-electron chi connectivity index (χ0n) is 12.7. The van der Waals surface area contributed by atoms with Crippen molar-refractivity contribution in [2.24, 2.45) is 0 Å². The van der Waals surface area contributed by atoms with Crippen LogP contribution >= 0.6 is 0 Å². The quantitative estimate of drug-likeness (QED) is 0.838. The topological polar surface area (TPSA) is 84.9 Å². The molecule has 2 rings (SSSR count). The van der Waals surface area contributed by atoms with Crippen LogP contribution in [-0.2, 0) is 14.3 Å². The molecule has 1 amide bonds. The lowest BCUT2D eigenvalue weighted by atomic mass is 10.1. The summed E-state index contributed by atoms with van der Waals surface area (Å²) in [6.07, 6.45) is -0.815. The molecule has 1 aromatic rings. The Hall–Kier alpha value is -2.08. The van der Waals surface area contributed by atoms with Gasteiger partial charge in [0.2, 0.25) is 5.91 Å². The third-order valence-corrected chi connectivity index (χ3v) is 3.63.